The zero-order chi connectivity index (χ0) is 13.0. The van der Waals surface area contributed by atoms with E-state index in [4.69, 9.17) is 28.2 Å². The summed E-state index contributed by atoms with van der Waals surface area (Å²) >= 11 is 5.01. The standard InChI is InChI=1S/C10H18N4O2S/c1-7-8(9(11)17)10(13(2)12-7)14(3-5-15)4-6-16/h15-16H,3-6H2,1-2H3,(H2,11,17). The highest BCUT2D eigenvalue weighted by molar-refractivity contribution is 7.80. The molecule has 0 aromatic carbocycles. The maximum absolute atomic E-state index is 9.03. The minimum atomic E-state index is -0.0129. The van der Waals surface area contributed by atoms with Crippen LogP contribution in [0.1, 0.15) is 11.3 Å². The third kappa shape index (κ3) is 2.93. The minimum absolute atomic E-state index is 0.0129. The molecule has 0 amide bonds. The summed E-state index contributed by atoms with van der Waals surface area (Å²) in [5.41, 5.74) is 7.13. The van der Waals surface area contributed by atoms with Crippen molar-refractivity contribution < 1.29 is 10.2 Å². The number of hydrogen-bond acceptors (Lipinski definition) is 5. The molecule has 0 bridgehead atoms. The first kappa shape index (κ1) is 13.9. The van der Waals surface area contributed by atoms with E-state index >= 15 is 0 Å². The van der Waals surface area contributed by atoms with Crippen molar-refractivity contribution >= 4 is 23.0 Å². The Kier molecular flexibility index (Phi) is 4.86. The lowest BCUT2D eigenvalue weighted by Crippen LogP contribution is -2.33. The van der Waals surface area contributed by atoms with Gasteiger partial charge in [0.1, 0.15) is 10.8 Å². The van der Waals surface area contributed by atoms with Crippen LogP contribution < -0.4 is 10.6 Å². The van der Waals surface area contributed by atoms with Crippen LogP contribution in [0.15, 0.2) is 0 Å². The topological polar surface area (TPSA) is 87.5 Å². The van der Waals surface area contributed by atoms with E-state index < -0.39 is 0 Å². The second-order valence-corrected chi connectivity index (χ2v) is 4.15. The molecule has 0 spiro atoms. The first-order valence-corrected chi connectivity index (χ1v) is 5.73. The average Bonchev–Trinajstić information content (AvgIpc) is 2.53. The van der Waals surface area contributed by atoms with Crippen molar-refractivity contribution in [2.45, 2.75) is 6.92 Å². The van der Waals surface area contributed by atoms with Crippen molar-refractivity contribution in [3.05, 3.63) is 11.3 Å². The van der Waals surface area contributed by atoms with Gasteiger partial charge in [-0.3, -0.25) is 4.68 Å². The molecule has 1 aromatic rings. The molecule has 0 saturated carbocycles. The largest absolute Gasteiger partial charge is 0.395 e. The lowest BCUT2D eigenvalue weighted by Gasteiger charge is -2.24. The van der Waals surface area contributed by atoms with E-state index in [-0.39, 0.29) is 18.2 Å². The Hall–Kier alpha value is -1.18. The van der Waals surface area contributed by atoms with Crippen molar-refractivity contribution in [3.8, 4) is 0 Å². The Balaban J connectivity index is 3.20. The number of anilines is 1. The van der Waals surface area contributed by atoms with Gasteiger partial charge in [-0.2, -0.15) is 5.10 Å². The zero-order valence-corrected chi connectivity index (χ0v) is 10.9. The first-order valence-electron chi connectivity index (χ1n) is 5.33. The van der Waals surface area contributed by atoms with Crippen LogP contribution in [0.2, 0.25) is 0 Å². The molecule has 7 heteroatoms. The van der Waals surface area contributed by atoms with E-state index in [2.05, 4.69) is 5.10 Å². The van der Waals surface area contributed by atoms with Gasteiger partial charge in [0.2, 0.25) is 0 Å². The van der Waals surface area contributed by atoms with Crippen molar-refractivity contribution in [1.82, 2.24) is 9.78 Å². The molecule has 1 heterocycles. The van der Waals surface area contributed by atoms with Gasteiger partial charge >= 0.3 is 0 Å². The summed E-state index contributed by atoms with van der Waals surface area (Å²) in [6.45, 7) is 2.60. The summed E-state index contributed by atoms with van der Waals surface area (Å²) < 4.78 is 1.66. The molecule has 6 nitrogen and oxygen atoms in total. The van der Waals surface area contributed by atoms with Crippen molar-refractivity contribution in [1.29, 1.82) is 0 Å². The van der Waals surface area contributed by atoms with Gasteiger partial charge in [0, 0.05) is 20.1 Å². The van der Waals surface area contributed by atoms with E-state index in [0.717, 1.165) is 11.5 Å². The van der Waals surface area contributed by atoms with Crippen molar-refractivity contribution in [2.24, 2.45) is 12.8 Å². The summed E-state index contributed by atoms with van der Waals surface area (Å²) in [6, 6.07) is 0. The second kappa shape index (κ2) is 5.95. The van der Waals surface area contributed by atoms with Crippen LogP contribution in [0.3, 0.4) is 0 Å². The Morgan fingerprint density at radius 1 is 1.41 bits per heavy atom. The fraction of sp³-hybridized carbons (Fsp3) is 0.600. The molecule has 1 aromatic heterocycles. The third-order valence-corrected chi connectivity index (χ3v) is 2.68. The summed E-state index contributed by atoms with van der Waals surface area (Å²) in [5.74, 6) is 0.734. The lowest BCUT2D eigenvalue weighted by atomic mass is 10.2. The number of aromatic nitrogens is 2. The molecule has 0 unspecified atom stereocenters. The summed E-state index contributed by atoms with van der Waals surface area (Å²) in [5, 5.41) is 22.3. The highest BCUT2D eigenvalue weighted by Crippen LogP contribution is 2.22. The van der Waals surface area contributed by atoms with E-state index in [0.29, 0.717) is 18.7 Å². The first-order chi connectivity index (χ1) is 8.02. The summed E-state index contributed by atoms with van der Waals surface area (Å²) in [4.78, 5) is 2.08. The molecule has 17 heavy (non-hydrogen) atoms. The molecule has 96 valence electrons. The highest BCUT2D eigenvalue weighted by atomic mass is 32.1. The Morgan fingerprint density at radius 2 is 1.94 bits per heavy atom. The zero-order valence-electron chi connectivity index (χ0n) is 10.1. The molecular weight excluding hydrogens is 240 g/mol. The van der Waals surface area contributed by atoms with Crippen LogP contribution in [-0.2, 0) is 7.05 Å². The molecule has 1 rings (SSSR count). The predicted molar refractivity (Wildman–Crippen MR) is 70.2 cm³/mol. The minimum Gasteiger partial charge on any atom is -0.395 e. The average molecular weight is 258 g/mol. The Bertz CT molecular complexity index is 399. The van der Waals surface area contributed by atoms with Crippen LogP contribution in [-0.4, -0.2) is 51.3 Å². The van der Waals surface area contributed by atoms with Gasteiger partial charge in [0.05, 0.1) is 24.5 Å². The number of aliphatic hydroxyl groups excluding tert-OH is 2. The van der Waals surface area contributed by atoms with Crippen molar-refractivity contribution in [2.75, 3.05) is 31.2 Å². The molecule has 0 aliphatic carbocycles. The molecule has 0 fully saturated rings. The number of rotatable bonds is 6. The number of thiocarbonyl (C=S) groups is 1. The molecular formula is C10H18N4O2S. The normalized spacial score (nSPS) is 10.6. The Morgan fingerprint density at radius 3 is 2.35 bits per heavy atom. The molecule has 0 saturated heterocycles. The number of nitrogens with zero attached hydrogens (tertiary/aromatic N) is 3. The van der Waals surface area contributed by atoms with E-state index in [9.17, 15) is 0 Å². The molecule has 4 N–H and O–H groups in total. The number of hydrogen-bond donors (Lipinski definition) is 3. The van der Waals surface area contributed by atoms with Crippen LogP contribution in [0.5, 0.6) is 0 Å². The predicted octanol–water partition coefficient (Wildman–Crippen LogP) is -0.846. The van der Waals surface area contributed by atoms with Gasteiger partial charge in [0.15, 0.2) is 0 Å². The van der Waals surface area contributed by atoms with Gasteiger partial charge in [-0.15, -0.1) is 0 Å². The SMILES string of the molecule is Cc1nn(C)c(N(CCO)CCO)c1C(N)=S. The van der Waals surface area contributed by atoms with E-state index in [1.54, 1.807) is 11.7 Å². The van der Waals surface area contributed by atoms with E-state index in [1.165, 1.54) is 0 Å². The van der Waals surface area contributed by atoms with Gasteiger partial charge in [-0.05, 0) is 6.92 Å². The highest BCUT2D eigenvalue weighted by Gasteiger charge is 2.20. The fourth-order valence-corrected chi connectivity index (χ4v) is 2.10. The van der Waals surface area contributed by atoms with Crippen LogP contribution in [0, 0.1) is 6.92 Å². The number of nitrogens with two attached hydrogens (primary N) is 1. The van der Waals surface area contributed by atoms with Crippen LogP contribution in [0.4, 0.5) is 5.82 Å². The van der Waals surface area contributed by atoms with Gasteiger partial charge in [-0.25, -0.2) is 0 Å². The van der Waals surface area contributed by atoms with E-state index in [1.807, 2.05) is 11.8 Å². The maximum Gasteiger partial charge on any atom is 0.137 e. The quantitative estimate of drug-likeness (QED) is 0.576. The summed E-state index contributed by atoms with van der Waals surface area (Å²) in [7, 11) is 1.78. The summed E-state index contributed by atoms with van der Waals surface area (Å²) in [6.07, 6.45) is 0. The van der Waals surface area contributed by atoms with Gasteiger partial charge < -0.3 is 20.8 Å². The molecule has 0 radical (unpaired) electrons. The monoisotopic (exact) mass is 258 g/mol. The van der Waals surface area contributed by atoms with Gasteiger partial charge in [-0.1, -0.05) is 12.2 Å². The molecule has 0 aliphatic heterocycles. The number of aliphatic hydroxyl groups is 2. The molecule has 0 atom stereocenters. The second-order valence-electron chi connectivity index (χ2n) is 3.71. The van der Waals surface area contributed by atoms with Crippen molar-refractivity contribution in [3.63, 3.8) is 0 Å². The Labute approximate surface area is 106 Å². The fourth-order valence-electron chi connectivity index (χ4n) is 1.86. The number of aryl methyl sites for hydroxylation is 2. The van der Waals surface area contributed by atoms with Gasteiger partial charge in [0.25, 0.3) is 0 Å². The molecule has 0 aliphatic rings. The smallest absolute Gasteiger partial charge is 0.137 e. The van der Waals surface area contributed by atoms with Crippen LogP contribution >= 0.6 is 12.2 Å². The van der Waals surface area contributed by atoms with Crippen LogP contribution in [0.25, 0.3) is 0 Å². The lowest BCUT2D eigenvalue weighted by molar-refractivity contribution is 0.280. The maximum atomic E-state index is 9.03. The third-order valence-electron chi connectivity index (χ3n) is 2.48.